The lowest BCUT2D eigenvalue weighted by molar-refractivity contribution is -0.167. The zero-order valence-corrected chi connectivity index (χ0v) is 44.6. The third-order valence-electron chi connectivity index (χ3n) is 12.1. The van der Waals surface area contributed by atoms with Gasteiger partial charge in [-0.05, 0) is 109 Å². The topological polar surface area (TPSA) is 78.9 Å². The first kappa shape index (κ1) is 64.6. The highest BCUT2D eigenvalue weighted by atomic mass is 16.6. The number of ether oxygens (including phenoxy) is 3. The van der Waals surface area contributed by atoms with Gasteiger partial charge in [-0.1, -0.05) is 228 Å². The standard InChI is InChI=1S/C62H106O6/c1-4-7-10-13-16-19-22-24-26-28-30-31-33-34-36-38-40-43-46-49-52-55-61(64)67-58-59(57-66-60(63)54-51-48-45-42-21-18-15-12-9-6-3)68-62(65)56-53-50-47-44-41-39-37-35-32-29-27-25-23-20-17-14-11-8-5-2/h7,10,12,15-16,19,24-27,30-31,34,36,59H,4-6,8-9,11,13-14,17-18,20-23,28-29,32-33,35,37-58H2,1-3H3/b10-7-,15-12-,19-16-,26-24-,27-25-,31-30-,36-34-. The third-order valence-corrected chi connectivity index (χ3v) is 12.1. The molecule has 0 aliphatic rings. The molecule has 0 amide bonds. The summed E-state index contributed by atoms with van der Waals surface area (Å²) in [5, 5.41) is 0. The van der Waals surface area contributed by atoms with Crippen LogP contribution in [0.25, 0.3) is 0 Å². The molecule has 0 N–H and O–H groups in total. The van der Waals surface area contributed by atoms with E-state index in [9.17, 15) is 14.4 Å². The second-order valence-corrected chi connectivity index (χ2v) is 18.8. The summed E-state index contributed by atoms with van der Waals surface area (Å²) in [6.45, 7) is 6.45. The van der Waals surface area contributed by atoms with E-state index in [0.717, 1.165) is 122 Å². The molecule has 0 aliphatic heterocycles. The van der Waals surface area contributed by atoms with Gasteiger partial charge < -0.3 is 14.2 Å². The zero-order valence-electron chi connectivity index (χ0n) is 44.6. The minimum Gasteiger partial charge on any atom is -0.462 e. The SMILES string of the molecule is CC/C=C\C/C=C\C/C=C\C/C=C\C/C=C\CCCCCCCC(=O)OCC(COC(=O)CCCCCCC/C=C\CCC)OC(=O)CCCCCCCCCCC/C=C\CCCCCCCC. The first-order chi connectivity index (χ1) is 33.5. The monoisotopic (exact) mass is 947 g/mol. The Morgan fingerprint density at radius 3 is 0.971 bits per heavy atom. The molecule has 0 aliphatic carbocycles. The second-order valence-electron chi connectivity index (χ2n) is 18.8. The Labute approximate surface area is 420 Å². The van der Waals surface area contributed by atoms with Gasteiger partial charge in [0.25, 0.3) is 0 Å². The predicted molar refractivity (Wildman–Crippen MR) is 293 cm³/mol. The van der Waals surface area contributed by atoms with Crippen molar-refractivity contribution in [2.45, 2.75) is 277 Å². The van der Waals surface area contributed by atoms with Crippen LogP contribution in [0.2, 0.25) is 0 Å². The summed E-state index contributed by atoms with van der Waals surface area (Å²) in [6.07, 6.45) is 72.9. The molecule has 0 fully saturated rings. The van der Waals surface area contributed by atoms with Crippen molar-refractivity contribution in [3.63, 3.8) is 0 Å². The summed E-state index contributed by atoms with van der Waals surface area (Å²) in [5.41, 5.74) is 0. The fourth-order valence-corrected chi connectivity index (χ4v) is 7.82. The highest BCUT2D eigenvalue weighted by Crippen LogP contribution is 2.15. The lowest BCUT2D eigenvalue weighted by atomic mass is 10.1. The highest BCUT2D eigenvalue weighted by molar-refractivity contribution is 5.71. The molecule has 6 heteroatoms. The number of allylic oxidation sites excluding steroid dienone is 14. The highest BCUT2D eigenvalue weighted by Gasteiger charge is 2.19. The van der Waals surface area contributed by atoms with Crippen molar-refractivity contribution in [1.82, 2.24) is 0 Å². The van der Waals surface area contributed by atoms with E-state index in [0.29, 0.717) is 19.3 Å². The zero-order chi connectivity index (χ0) is 49.3. The summed E-state index contributed by atoms with van der Waals surface area (Å²) in [4.78, 5) is 38.1. The number of hydrogen-bond acceptors (Lipinski definition) is 6. The molecular weight excluding hydrogens is 841 g/mol. The van der Waals surface area contributed by atoms with Crippen molar-refractivity contribution in [3.8, 4) is 0 Å². The van der Waals surface area contributed by atoms with Crippen LogP contribution in [-0.4, -0.2) is 37.2 Å². The van der Waals surface area contributed by atoms with Crippen molar-refractivity contribution in [1.29, 1.82) is 0 Å². The molecule has 0 aromatic carbocycles. The van der Waals surface area contributed by atoms with Crippen molar-refractivity contribution in [3.05, 3.63) is 85.1 Å². The third kappa shape index (κ3) is 53.5. The normalized spacial score (nSPS) is 12.7. The van der Waals surface area contributed by atoms with Gasteiger partial charge in [0.05, 0.1) is 0 Å². The van der Waals surface area contributed by atoms with Crippen LogP contribution < -0.4 is 0 Å². The second kappa shape index (κ2) is 56.2. The van der Waals surface area contributed by atoms with Gasteiger partial charge in [-0.15, -0.1) is 0 Å². The quantitative estimate of drug-likeness (QED) is 0.0262. The van der Waals surface area contributed by atoms with Gasteiger partial charge in [-0.2, -0.15) is 0 Å². The molecule has 68 heavy (non-hydrogen) atoms. The van der Waals surface area contributed by atoms with Gasteiger partial charge in [0.1, 0.15) is 13.2 Å². The molecule has 0 spiro atoms. The Kier molecular flexibility index (Phi) is 53.4. The summed E-state index contributed by atoms with van der Waals surface area (Å²) >= 11 is 0. The van der Waals surface area contributed by atoms with Gasteiger partial charge in [0.2, 0.25) is 0 Å². The van der Waals surface area contributed by atoms with Crippen LogP contribution in [0.15, 0.2) is 85.1 Å². The molecule has 0 heterocycles. The molecule has 0 saturated carbocycles. The lowest BCUT2D eigenvalue weighted by Gasteiger charge is -2.18. The van der Waals surface area contributed by atoms with Crippen LogP contribution in [0.3, 0.4) is 0 Å². The maximum atomic E-state index is 12.8. The summed E-state index contributed by atoms with van der Waals surface area (Å²) in [6, 6.07) is 0. The minimum absolute atomic E-state index is 0.0880. The number of carbonyl (C=O) groups excluding carboxylic acids is 3. The number of unbranched alkanes of at least 4 members (excludes halogenated alkanes) is 26. The van der Waals surface area contributed by atoms with E-state index in [4.69, 9.17) is 14.2 Å². The molecule has 0 rings (SSSR count). The molecule has 0 radical (unpaired) electrons. The van der Waals surface area contributed by atoms with Crippen LogP contribution >= 0.6 is 0 Å². The lowest BCUT2D eigenvalue weighted by Crippen LogP contribution is -2.30. The van der Waals surface area contributed by atoms with E-state index in [1.165, 1.54) is 109 Å². The molecule has 1 unspecified atom stereocenters. The van der Waals surface area contributed by atoms with Gasteiger partial charge in [-0.25, -0.2) is 0 Å². The van der Waals surface area contributed by atoms with E-state index in [-0.39, 0.29) is 31.1 Å². The van der Waals surface area contributed by atoms with Gasteiger partial charge in [0.15, 0.2) is 6.10 Å². The maximum absolute atomic E-state index is 12.8. The van der Waals surface area contributed by atoms with Crippen LogP contribution in [0.5, 0.6) is 0 Å². The molecule has 0 aromatic heterocycles. The average Bonchev–Trinajstić information content (AvgIpc) is 3.34. The van der Waals surface area contributed by atoms with Gasteiger partial charge in [0, 0.05) is 19.3 Å². The van der Waals surface area contributed by atoms with E-state index < -0.39 is 6.10 Å². The van der Waals surface area contributed by atoms with Crippen LogP contribution in [0.4, 0.5) is 0 Å². The van der Waals surface area contributed by atoms with E-state index in [1.807, 2.05) is 0 Å². The largest absolute Gasteiger partial charge is 0.462 e. The minimum atomic E-state index is -0.789. The molecule has 390 valence electrons. The summed E-state index contributed by atoms with van der Waals surface area (Å²) < 4.78 is 16.8. The van der Waals surface area contributed by atoms with Crippen molar-refractivity contribution in [2.75, 3.05) is 13.2 Å². The van der Waals surface area contributed by atoms with Crippen molar-refractivity contribution >= 4 is 17.9 Å². The maximum Gasteiger partial charge on any atom is 0.306 e. The molecule has 1 atom stereocenters. The molecule has 0 saturated heterocycles. The van der Waals surface area contributed by atoms with Crippen LogP contribution in [0, 0.1) is 0 Å². The summed E-state index contributed by atoms with van der Waals surface area (Å²) in [5.74, 6) is -0.915. The fraction of sp³-hybridized carbons (Fsp3) is 0.726. The van der Waals surface area contributed by atoms with Crippen LogP contribution in [-0.2, 0) is 28.6 Å². The van der Waals surface area contributed by atoms with Crippen LogP contribution in [0.1, 0.15) is 271 Å². The Morgan fingerprint density at radius 1 is 0.309 bits per heavy atom. The van der Waals surface area contributed by atoms with E-state index in [1.54, 1.807) is 0 Å². The Hall–Kier alpha value is -3.41. The van der Waals surface area contributed by atoms with E-state index >= 15 is 0 Å². The molecular formula is C62H106O6. The fourth-order valence-electron chi connectivity index (χ4n) is 7.82. The molecule has 6 nitrogen and oxygen atoms in total. The van der Waals surface area contributed by atoms with E-state index in [2.05, 4.69) is 106 Å². The number of carbonyl (C=O) groups is 3. The Bertz CT molecular complexity index is 1320. The van der Waals surface area contributed by atoms with Crippen molar-refractivity contribution < 1.29 is 28.6 Å². The summed E-state index contributed by atoms with van der Waals surface area (Å²) in [7, 11) is 0. The predicted octanol–water partition coefficient (Wildman–Crippen LogP) is 19.2. The average molecular weight is 948 g/mol. The van der Waals surface area contributed by atoms with Crippen molar-refractivity contribution in [2.24, 2.45) is 0 Å². The number of esters is 3. The first-order valence-corrected chi connectivity index (χ1v) is 28.6. The Balaban J connectivity index is 4.35. The number of rotatable bonds is 51. The number of hydrogen-bond donors (Lipinski definition) is 0. The van der Waals surface area contributed by atoms with Gasteiger partial charge >= 0.3 is 17.9 Å². The molecule has 0 aromatic rings. The smallest absolute Gasteiger partial charge is 0.306 e. The van der Waals surface area contributed by atoms with Gasteiger partial charge in [-0.3, -0.25) is 14.4 Å². The Morgan fingerprint density at radius 2 is 0.603 bits per heavy atom. The molecule has 0 bridgehead atoms. The first-order valence-electron chi connectivity index (χ1n) is 28.6.